The van der Waals surface area contributed by atoms with E-state index >= 15 is 0 Å². The van der Waals surface area contributed by atoms with Crippen LogP contribution in [0.2, 0.25) is 0 Å². The van der Waals surface area contributed by atoms with Crippen LogP contribution in [0, 0.1) is 12.7 Å². The number of rotatable bonds is 5. The topological polar surface area (TPSA) is 78.4 Å². The van der Waals surface area contributed by atoms with Crippen molar-refractivity contribution in [3.63, 3.8) is 0 Å². The Hall–Kier alpha value is -3.17. The van der Waals surface area contributed by atoms with Gasteiger partial charge in [0.15, 0.2) is 0 Å². The highest BCUT2D eigenvalue weighted by atomic mass is 32.1. The van der Waals surface area contributed by atoms with Gasteiger partial charge >= 0.3 is 0 Å². The van der Waals surface area contributed by atoms with Crippen LogP contribution in [0.25, 0.3) is 10.7 Å². The number of carbonyl (C=O) groups is 2. The second-order valence-corrected chi connectivity index (χ2v) is 8.27. The molecular formula is C22H22FN5O2S. The molecule has 2 aromatic heterocycles. The molecule has 3 aromatic rings. The van der Waals surface area contributed by atoms with E-state index in [0.717, 1.165) is 10.7 Å². The van der Waals surface area contributed by atoms with Crippen molar-refractivity contribution >= 4 is 28.8 Å². The van der Waals surface area contributed by atoms with Gasteiger partial charge in [-0.25, -0.2) is 9.37 Å². The fourth-order valence-electron chi connectivity index (χ4n) is 3.38. The molecule has 1 saturated heterocycles. The summed E-state index contributed by atoms with van der Waals surface area (Å²) < 4.78 is 13.0. The van der Waals surface area contributed by atoms with Crippen molar-refractivity contribution in [1.29, 1.82) is 0 Å². The summed E-state index contributed by atoms with van der Waals surface area (Å²) in [6.45, 7) is 4.36. The number of pyridine rings is 1. The van der Waals surface area contributed by atoms with Gasteiger partial charge in [0.25, 0.3) is 5.91 Å². The van der Waals surface area contributed by atoms with E-state index in [1.165, 1.54) is 35.6 Å². The van der Waals surface area contributed by atoms with Gasteiger partial charge in [-0.15, -0.1) is 11.3 Å². The molecule has 7 nitrogen and oxygen atoms in total. The summed E-state index contributed by atoms with van der Waals surface area (Å²) in [6.07, 6.45) is 1.71. The summed E-state index contributed by atoms with van der Waals surface area (Å²) in [5, 5.41) is 3.50. The van der Waals surface area contributed by atoms with Crippen LogP contribution in [0.3, 0.4) is 0 Å². The summed E-state index contributed by atoms with van der Waals surface area (Å²) in [7, 11) is 0. The van der Waals surface area contributed by atoms with Crippen LogP contribution in [0.4, 0.5) is 10.1 Å². The third kappa shape index (κ3) is 5.12. The molecule has 2 amide bonds. The SMILES string of the molecule is Cc1nc(-c2ccccn2)sc1C(=O)N1CCN(CC(=O)Nc2ccc(F)cc2)CC1. The molecule has 0 atom stereocenters. The fraction of sp³-hybridized carbons (Fsp3) is 0.273. The number of nitrogens with zero attached hydrogens (tertiary/aromatic N) is 4. The molecule has 1 fully saturated rings. The van der Waals surface area contributed by atoms with E-state index in [1.54, 1.807) is 11.1 Å². The molecule has 1 aromatic carbocycles. The van der Waals surface area contributed by atoms with Crippen LogP contribution in [0.15, 0.2) is 48.7 Å². The maximum atomic E-state index is 13.0. The van der Waals surface area contributed by atoms with Gasteiger partial charge < -0.3 is 10.2 Å². The first-order valence-corrected chi connectivity index (χ1v) is 10.8. The van der Waals surface area contributed by atoms with Gasteiger partial charge in [-0.05, 0) is 43.3 Å². The number of piperazine rings is 1. The van der Waals surface area contributed by atoms with Gasteiger partial charge in [-0.2, -0.15) is 0 Å². The standard InChI is InChI=1S/C22H22FN5O2S/c1-15-20(31-21(25-15)18-4-2-3-9-24-18)22(30)28-12-10-27(11-13-28)14-19(29)26-17-7-5-16(23)6-8-17/h2-9H,10-14H2,1H3,(H,26,29). The van der Waals surface area contributed by atoms with Crippen molar-refractivity contribution < 1.29 is 14.0 Å². The van der Waals surface area contributed by atoms with Gasteiger partial charge in [-0.3, -0.25) is 19.5 Å². The number of hydrogen-bond donors (Lipinski definition) is 1. The Balaban J connectivity index is 1.31. The average molecular weight is 440 g/mol. The van der Waals surface area contributed by atoms with Gasteiger partial charge in [0.1, 0.15) is 15.7 Å². The lowest BCUT2D eigenvalue weighted by atomic mass is 10.2. The number of aromatic nitrogens is 2. The molecule has 1 aliphatic heterocycles. The van der Waals surface area contributed by atoms with Crippen LogP contribution in [0.5, 0.6) is 0 Å². The van der Waals surface area contributed by atoms with E-state index in [9.17, 15) is 14.0 Å². The number of benzene rings is 1. The number of halogens is 1. The van der Waals surface area contributed by atoms with Crippen LogP contribution in [-0.4, -0.2) is 64.3 Å². The van der Waals surface area contributed by atoms with E-state index in [2.05, 4.69) is 15.3 Å². The molecule has 1 aliphatic rings. The van der Waals surface area contributed by atoms with Crippen molar-refractivity contribution in [2.75, 3.05) is 38.0 Å². The van der Waals surface area contributed by atoms with Crippen molar-refractivity contribution in [2.24, 2.45) is 0 Å². The van der Waals surface area contributed by atoms with E-state index in [0.29, 0.717) is 42.4 Å². The minimum Gasteiger partial charge on any atom is -0.335 e. The molecule has 1 N–H and O–H groups in total. The Kier molecular flexibility index (Phi) is 6.34. The Morgan fingerprint density at radius 1 is 1.10 bits per heavy atom. The van der Waals surface area contributed by atoms with E-state index in [-0.39, 0.29) is 24.2 Å². The van der Waals surface area contributed by atoms with Crippen molar-refractivity contribution in [1.82, 2.24) is 19.8 Å². The number of nitrogens with one attached hydrogen (secondary N) is 1. The average Bonchev–Trinajstić information content (AvgIpc) is 3.17. The minimum atomic E-state index is -0.345. The quantitative estimate of drug-likeness (QED) is 0.661. The van der Waals surface area contributed by atoms with Gasteiger partial charge in [-0.1, -0.05) is 6.07 Å². The molecular weight excluding hydrogens is 417 g/mol. The van der Waals surface area contributed by atoms with E-state index in [1.807, 2.05) is 30.0 Å². The zero-order valence-electron chi connectivity index (χ0n) is 17.0. The van der Waals surface area contributed by atoms with Gasteiger partial charge in [0.2, 0.25) is 5.91 Å². The van der Waals surface area contributed by atoms with Crippen LogP contribution in [-0.2, 0) is 4.79 Å². The maximum absolute atomic E-state index is 13.0. The lowest BCUT2D eigenvalue weighted by molar-refractivity contribution is -0.117. The van der Waals surface area contributed by atoms with Crippen LogP contribution < -0.4 is 5.32 Å². The number of aryl methyl sites for hydroxylation is 1. The Morgan fingerprint density at radius 3 is 2.52 bits per heavy atom. The Bertz CT molecular complexity index is 1060. The summed E-state index contributed by atoms with van der Waals surface area (Å²) in [4.78, 5) is 38.5. The first-order chi connectivity index (χ1) is 15.0. The maximum Gasteiger partial charge on any atom is 0.265 e. The third-order valence-electron chi connectivity index (χ3n) is 5.03. The monoisotopic (exact) mass is 439 g/mol. The molecule has 0 saturated carbocycles. The molecule has 160 valence electrons. The zero-order chi connectivity index (χ0) is 21.8. The highest BCUT2D eigenvalue weighted by molar-refractivity contribution is 7.17. The Labute approximate surface area is 183 Å². The van der Waals surface area contributed by atoms with Crippen LogP contribution >= 0.6 is 11.3 Å². The predicted molar refractivity (Wildman–Crippen MR) is 117 cm³/mol. The number of amides is 2. The highest BCUT2D eigenvalue weighted by Crippen LogP contribution is 2.27. The minimum absolute atomic E-state index is 0.0346. The normalized spacial score (nSPS) is 14.5. The number of anilines is 1. The number of thiazole rings is 1. The van der Waals surface area contributed by atoms with Crippen molar-refractivity contribution in [3.8, 4) is 10.7 Å². The first kappa shape index (κ1) is 21.1. The molecule has 0 bridgehead atoms. The molecule has 31 heavy (non-hydrogen) atoms. The second kappa shape index (κ2) is 9.32. The summed E-state index contributed by atoms with van der Waals surface area (Å²) in [5.41, 5.74) is 2.02. The molecule has 4 rings (SSSR count). The molecule has 0 radical (unpaired) electrons. The van der Waals surface area contributed by atoms with Crippen molar-refractivity contribution in [2.45, 2.75) is 6.92 Å². The lowest BCUT2D eigenvalue weighted by Crippen LogP contribution is -2.50. The highest BCUT2D eigenvalue weighted by Gasteiger charge is 2.26. The number of carbonyl (C=O) groups excluding carboxylic acids is 2. The summed E-state index contributed by atoms with van der Waals surface area (Å²) in [5.74, 6) is -0.542. The third-order valence-corrected chi connectivity index (χ3v) is 6.20. The van der Waals surface area contributed by atoms with Crippen LogP contribution in [0.1, 0.15) is 15.4 Å². The lowest BCUT2D eigenvalue weighted by Gasteiger charge is -2.34. The first-order valence-electron chi connectivity index (χ1n) is 9.95. The fourth-order valence-corrected chi connectivity index (χ4v) is 4.39. The van der Waals surface area contributed by atoms with E-state index < -0.39 is 0 Å². The second-order valence-electron chi connectivity index (χ2n) is 7.27. The molecule has 0 aliphatic carbocycles. The molecule has 0 spiro atoms. The smallest absolute Gasteiger partial charge is 0.265 e. The summed E-state index contributed by atoms with van der Waals surface area (Å²) in [6, 6.07) is 11.3. The molecule has 0 unspecified atom stereocenters. The predicted octanol–water partition coefficient (Wildman–Crippen LogP) is 3.05. The zero-order valence-corrected chi connectivity index (χ0v) is 17.9. The van der Waals surface area contributed by atoms with Crippen molar-refractivity contribution in [3.05, 3.63) is 65.0 Å². The van der Waals surface area contributed by atoms with Gasteiger partial charge in [0.05, 0.1) is 17.9 Å². The van der Waals surface area contributed by atoms with E-state index in [4.69, 9.17) is 0 Å². The largest absolute Gasteiger partial charge is 0.335 e. The molecule has 3 heterocycles. The summed E-state index contributed by atoms with van der Waals surface area (Å²) >= 11 is 1.36. The Morgan fingerprint density at radius 2 is 1.84 bits per heavy atom. The van der Waals surface area contributed by atoms with Gasteiger partial charge in [0, 0.05) is 38.1 Å². The molecule has 9 heteroatoms. The number of hydrogen-bond acceptors (Lipinski definition) is 6.